The summed E-state index contributed by atoms with van der Waals surface area (Å²) >= 11 is 6.38. The molecule has 3 aromatic carbocycles. The van der Waals surface area contributed by atoms with Crippen LogP contribution in [0.1, 0.15) is 24.0 Å². The molecule has 0 aliphatic heterocycles. The molecule has 0 aliphatic rings. The molecule has 0 fully saturated rings. The molecule has 0 bridgehead atoms. The Morgan fingerprint density at radius 3 is 2.24 bits per heavy atom. The molecule has 9 heteroatoms. The van der Waals surface area contributed by atoms with Gasteiger partial charge in [-0.3, -0.25) is 4.57 Å². The standard InChI is InChI=1S/C24H19ClF3NO4/c1-13(18-9-5-15(11-19(18)25)14-3-7-17(30)8-4-14)23(32,24(26,27)28)16-6-10-21-20(12-16)29(2)22(31)33-21/h3-13,30,32H,1-2H3. The number of nitrogens with zero attached hydrogens (tertiary/aromatic N) is 1. The first kappa shape index (κ1) is 22.9. The molecule has 1 aromatic heterocycles. The predicted molar refractivity (Wildman–Crippen MR) is 118 cm³/mol. The number of rotatable bonds is 4. The molecule has 5 nitrogen and oxygen atoms in total. The minimum Gasteiger partial charge on any atom is -0.508 e. The lowest BCUT2D eigenvalue weighted by molar-refractivity contribution is -0.274. The molecular formula is C24H19ClF3NO4. The van der Waals surface area contributed by atoms with E-state index in [0.717, 1.165) is 16.7 Å². The fourth-order valence-corrected chi connectivity index (χ4v) is 4.30. The second-order valence-electron chi connectivity index (χ2n) is 7.88. The molecule has 0 aliphatic carbocycles. The van der Waals surface area contributed by atoms with Crippen molar-refractivity contribution < 1.29 is 27.8 Å². The molecule has 2 N–H and O–H groups in total. The van der Waals surface area contributed by atoms with E-state index in [4.69, 9.17) is 16.0 Å². The van der Waals surface area contributed by atoms with Crippen LogP contribution in [0.15, 0.2) is 69.9 Å². The number of aliphatic hydroxyl groups is 1. The Kier molecular flexibility index (Phi) is 5.54. The molecule has 2 unspecified atom stereocenters. The summed E-state index contributed by atoms with van der Waals surface area (Å²) in [7, 11) is 1.37. The minimum atomic E-state index is -5.05. The minimum absolute atomic E-state index is 0.0486. The van der Waals surface area contributed by atoms with Gasteiger partial charge in [0.1, 0.15) is 5.75 Å². The third kappa shape index (κ3) is 3.79. The molecule has 0 saturated carbocycles. The van der Waals surface area contributed by atoms with Gasteiger partial charge in [-0.05, 0) is 52.6 Å². The topological polar surface area (TPSA) is 75.6 Å². The van der Waals surface area contributed by atoms with Gasteiger partial charge >= 0.3 is 11.9 Å². The molecule has 0 saturated heterocycles. The first-order valence-corrected chi connectivity index (χ1v) is 10.3. The lowest BCUT2D eigenvalue weighted by atomic mass is 9.77. The van der Waals surface area contributed by atoms with Crippen LogP contribution in [0.3, 0.4) is 0 Å². The van der Waals surface area contributed by atoms with E-state index in [2.05, 4.69) is 0 Å². The summed E-state index contributed by atoms with van der Waals surface area (Å²) in [5.74, 6) is -2.13. The Balaban J connectivity index is 1.82. The lowest BCUT2D eigenvalue weighted by Crippen LogP contribution is -2.46. The van der Waals surface area contributed by atoms with Crippen molar-refractivity contribution >= 4 is 22.7 Å². The lowest BCUT2D eigenvalue weighted by Gasteiger charge is -2.37. The van der Waals surface area contributed by atoms with Crippen LogP contribution in [0.2, 0.25) is 5.02 Å². The molecule has 0 amide bonds. The number of aromatic hydroxyl groups is 1. The first-order valence-electron chi connectivity index (χ1n) is 9.91. The van der Waals surface area contributed by atoms with Crippen molar-refractivity contribution in [2.24, 2.45) is 7.05 Å². The molecular weight excluding hydrogens is 459 g/mol. The number of benzene rings is 3. The quantitative estimate of drug-likeness (QED) is 0.394. The van der Waals surface area contributed by atoms with Gasteiger partial charge in [-0.15, -0.1) is 0 Å². The van der Waals surface area contributed by atoms with Gasteiger partial charge in [0.05, 0.1) is 5.52 Å². The van der Waals surface area contributed by atoms with Gasteiger partial charge < -0.3 is 14.6 Å². The van der Waals surface area contributed by atoms with Gasteiger partial charge in [0.25, 0.3) is 0 Å². The Hall–Kier alpha value is -3.23. The van der Waals surface area contributed by atoms with E-state index in [9.17, 15) is 28.2 Å². The van der Waals surface area contributed by atoms with Gasteiger partial charge in [0.15, 0.2) is 11.2 Å². The molecule has 1 heterocycles. The number of aromatic nitrogens is 1. The van der Waals surface area contributed by atoms with Crippen molar-refractivity contribution in [2.75, 3.05) is 0 Å². The highest BCUT2D eigenvalue weighted by atomic mass is 35.5. The Bertz CT molecular complexity index is 1390. The highest BCUT2D eigenvalue weighted by molar-refractivity contribution is 6.31. The van der Waals surface area contributed by atoms with E-state index < -0.39 is 29.0 Å². The highest BCUT2D eigenvalue weighted by Crippen LogP contribution is 2.50. The largest absolute Gasteiger partial charge is 0.508 e. The first-order chi connectivity index (χ1) is 15.4. The molecule has 4 aromatic rings. The number of oxazole rings is 1. The normalized spacial score (nSPS) is 14.9. The third-order valence-corrected chi connectivity index (χ3v) is 6.29. The number of alkyl halides is 3. The smallest absolute Gasteiger partial charge is 0.422 e. The maximum absolute atomic E-state index is 14.3. The van der Waals surface area contributed by atoms with Gasteiger partial charge in [0.2, 0.25) is 0 Å². The molecule has 172 valence electrons. The predicted octanol–water partition coefficient (Wildman–Crippen LogP) is 5.71. The van der Waals surface area contributed by atoms with E-state index in [0.29, 0.717) is 11.1 Å². The van der Waals surface area contributed by atoms with Crippen LogP contribution in [0.5, 0.6) is 5.75 Å². The Morgan fingerprint density at radius 1 is 1.00 bits per heavy atom. The maximum Gasteiger partial charge on any atom is 0.422 e. The zero-order valence-corrected chi connectivity index (χ0v) is 18.3. The molecule has 2 atom stereocenters. The monoisotopic (exact) mass is 477 g/mol. The van der Waals surface area contributed by atoms with Crippen molar-refractivity contribution in [1.82, 2.24) is 4.57 Å². The van der Waals surface area contributed by atoms with Crippen LogP contribution >= 0.6 is 11.6 Å². The average molecular weight is 478 g/mol. The summed E-state index contributed by atoms with van der Waals surface area (Å²) in [6, 6.07) is 14.3. The zero-order chi connectivity index (χ0) is 24.1. The van der Waals surface area contributed by atoms with Gasteiger partial charge in [-0.1, -0.05) is 48.9 Å². The van der Waals surface area contributed by atoms with E-state index in [1.807, 2.05) is 0 Å². The number of phenolic OH excluding ortho intramolecular Hbond substituents is 1. The maximum atomic E-state index is 14.3. The summed E-state index contributed by atoms with van der Waals surface area (Å²) in [5, 5.41) is 20.6. The van der Waals surface area contributed by atoms with Crippen molar-refractivity contribution in [3.8, 4) is 16.9 Å². The fourth-order valence-electron chi connectivity index (χ4n) is 3.96. The molecule has 0 radical (unpaired) electrons. The van der Waals surface area contributed by atoms with Crippen LogP contribution in [0.4, 0.5) is 13.2 Å². The third-order valence-electron chi connectivity index (χ3n) is 5.96. The summed E-state index contributed by atoms with van der Waals surface area (Å²) in [4.78, 5) is 11.7. The Labute approximate surface area is 191 Å². The molecule has 0 spiro atoms. The summed E-state index contributed by atoms with van der Waals surface area (Å²) in [6.07, 6.45) is -5.05. The van der Waals surface area contributed by atoms with Crippen LogP contribution in [-0.4, -0.2) is 21.0 Å². The van der Waals surface area contributed by atoms with Crippen LogP contribution < -0.4 is 5.76 Å². The van der Waals surface area contributed by atoms with Crippen LogP contribution in [-0.2, 0) is 12.6 Å². The zero-order valence-electron chi connectivity index (χ0n) is 17.5. The molecule has 4 rings (SSSR count). The summed E-state index contributed by atoms with van der Waals surface area (Å²) < 4.78 is 49.1. The van der Waals surface area contributed by atoms with Crippen LogP contribution in [0.25, 0.3) is 22.2 Å². The van der Waals surface area contributed by atoms with Gasteiger partial charge in [0, 0.05) is 18.0 Å². The number of phenols is 1. The number of hydrogen-bond donors (Lipinski definition) is 2. The van der Waals surface area contributed by atoms with Crippen molar-refractivity contribution in [1.29, 1.82) is 0 Å². The SMILES string of the molecule is CC(c1ccc(-c2ccc(O)cc2)cc1Cl)C(O)(c1ccc2oc(=O)n(C)c2c1)C(F)(F)F. The van der Waals surface area contributed by atoms with Crippen molar-refractivity contribution in [3.63, 3.8) is 0 Å². The molecule has 33 heavy (non-hydrogen) atoms. The van der Waals surface area contributed by atoms with E-state index in [-0.39, 0.29) is 27.4 Å². The number of aryl methyl sites for hydroxylation is 1. The fraction of sp³-hybridized carbons (Fsp3) is 0.208. The highest BCUT2D eigenvalue weighted by Gasteiger charge is 2.59. The van der Waals surface area contributed by atoms with E-state index in [1.165, 1.54) is 44.3 Å². The summed E-state index contributed by atoms with van der Waals surface area (Å²) in [5.41, 5.74) is -2.04. The second kappa shape index (κ2) is 7.97. The average Bonchev–Trinajstić information content (AvgIpc) is 3.05. The van der Waals surface area contributed by atoms with Crippen molar-refractivity contribution in [3.05, 3.63) is 87.4 Å². The number of hydrogen-bond acceptors (Lipinski definition) is 4. The van der Waals surface area contributed by atoms with Gasteiger partial charge in [-0.2, -0.15) is 13.2 Å². The van der Waals surface area contributed by atoms with Crippen LogP contribution in [0, 0.1) is 0 Å². The number of fused-ring (bicyclic) bond motifs is 1. The second-order valence-corrected chi connectivity index (χ2v) is 8.29. The number of halogens is 4. The van der Waals surface area contributed by atoms with Gasteiger partial charge in [-0.25, -0.2) is 4.79 Å². The summed E-state index contributed by atoms with van der Waals surface area (Å²) in [6.45, 7) is 1.24. The van der Waals surface area contributed by atoms with E-state index in [1.54, 1.807) is 18.2 Å². The van der Waals surface area contributed by atoms with Crippen molar-refractivity contribution in [2.45, 2.75) is 24.6 Å². The van der Waals surface area contributed by atoms with E-state index >= 15 is 0 Å². The Morgan fingerprint density at radius 2 is 1.64 bits per heavy atom.